The number of para-hydroxylation sites is 2. The fraction of sp³-hybridized carbons (Fsp3) is 0.333. The predicted molar refractivity (Wildman–Crippen MR) is 156 cm³/mol. The van der Waals surface area contributed by atoms with Gasteiger partial charge >= 0.3 is 5.97 Å². The van der Waals surface area contributed by atoms with Gasteiger partial charge in [-0.05, 0) is 29.2 Å². The molecule has 0 fully saturated rings. The zero-order chi connectivity index (χ0) is 29.5. The maximum Gasteiger partial charge on any atom is 0.322 e. The highest BCUT2D eigenvalue weighted by atomic mass is 16.4. The Balaban J connectivity index is 1.61. The van der Waals surface area contributed by atoms with Gasteiger partial charge in [-0.15, -0.1) is 0 Å². The number of fused-ring (bicyclic) bond motifs is 2. The van der Waals surface area contributed by atoms with Crippen molar-refractivity contribution in [1.29, 1.82) is 0 Å². The maximum absolute atomic E-state index is 13.8. The number of carboxylic acid groups (broad SMARTS) is 1. The summed E-state index contributed by atoms with van der Waals surface area (Å²) in [7, 11) is 0. The van der Waals surface area contributed by atoms with Crippen LogP contribution in [0.25, 0.3) is 21.8 Å². The average molecular weight is 561 g/mol. The summed E-state index contributed by atoms with van der Waals surface area (Å²) in [6.45, 7) is 3.19. The molecule has 11 nitrogen and oxygen atoms in total. The highest BCUT2D eigenvalue weighted by Crippen LogP contribution is 2.21. The third-order valence-electron chi connectivity index (χ3n) is 7.44. The van der Waals surface area contributed by atoms with E-state index in [1.807, 2.05) is 62.4 Å². The van der Waals surface area contributed by atoms with E-state index in [1.165, 1.54) is 0 Å². The van der Waals surface area contributed by atoms with Gasteiger partial charge in [0.25, 0.3) is 0 Å². The van der Waals surface area contributed by atoms with Crippen LogP contribution in [0, 0.1) is 5.92 Å². The van der Waals surface area contributed by atoms with Crippen LogP contribution in [-0.2, 0) is 32.0 Å². The molecule has 216 valence electrons. The molecule has 0 spiro atoms. The van der Waals surface area contributed by atoms with Gasteiger partial charge in [0, 0.05) is 47.0 Å². The lowest BCUT2D eigenvalue weighted by molar-refractivity contribution is -0.138. The van der Waals surface area contributed by atoms with Crippen LogP contribution < -0.4 is 21.7 Å². The first-order valence-electron chi connectivity index (χ1n) is 13.6. The Morgan fingerprint density at radius 3 is 1.80 bits per heavy atom. The minimum Gasteiger partial charge on any atom is -0.480 e. The molecule has 4 unspecified atom stereocenters. The van der Waals surface area contributed by atoms with E-state index in [1.54, 1.807) is 12.4 Å². The Morgan fingerprint density at radius 2 is 1.29 bits per heavy atom. The lowest BCUT2D eigenvalue weighted by atomic mass is 9.98. The number of carbonyl (C=O) groups excluding carboxylic acids is 3. The summed E-state index contributed by atoms with van der Waals surface area (Å²) >= 11 is 0. The average Bonchev–Trinajstić information content (AvgIpc) is 3.58. The number of aliphatic carboxylic acids is 1. The minimum absolute atomic E-state index is 0.0986. The number of aromatic amines is 2. The fourth-order valence-corrected chi connectivity index (χ4v) is 4.80. The van der Waals surface area contributed by atoms with Crippen molar-refractivity contribution < 1.29 is 24.3 Å². The molecule has 0 aliphatic rings. The molecule has 0 bridgehead atoms. The SMILES string of the molecule is CCC(C)C(N)C(=O)NC(Cc1c[nH]c2ccccc12)C(=O)NC(Cc1c[nH]c2ccccc12)C(=O)NCC(=O)O. The molecule has 0 aliphatic carbocycles. The number of benzene rings is 2. The van der Waals surface area contributed by atoms with E-state index in [2.05, 4.69) is 25.9 Å². The minimum atomic E-state index is -1.21. The number of carbonyl (C=O) groups is 4. The third kappa shape index (κ3) is 7.12. The van der Waals surface area contributed by atoms with Crippen LogP contribution >= 0.6 is 0 Å². The van der Waals surface area contributed by atoms with E-state index in [0.29, 0.717) is 6.42 Å². The van der Waals surface area contributed by atoms with Crippen molar-refractivity contribution in [1.82, 2.24) is 25.9 Å². The number of hydrogen-bond donors (Lipinski definition) is 7. The Morgan fingerprint density at radius 1 is 0.805 bits per heavy atom. The van der Waals surface area contributed by atoms with Crippen LogP contribution in [0.15, 0.2) is 60.9 Å². The number of nitrogens with two attached hydrogens (primary N) is 1. The molecule has 2 heterocycles. The van der Waals surface area contributed by atoms with E-state index < -0.39 is 48.4 Å². The van der Waals surface area contributed by atoms with Gasteiger partial charge in [0.05, 0.1) is 6.04 Å². The van der Waals surface area contributed by atoms with Crippen molar-refractivity contribution in [2.45, 2.75) is 51.2 Å². The molecular weight excluding hydrogens is 524 g/mol. The van der Waals surface area contributed by atoms with Crippen LogP contribution in [0.2, 0.25) is 0 Å². The summed E-state index contributed by atoms with van der Waals surface area (Å²) in [5.41, 5.74) is 9.50. The number of hydrogen-bond acceptors (Lipinski definition) is 5. The molecule has 0 saturated carbocycles. The van der Waals surface area contributed by atoms with Gasteiger partial charge in [0.15, 0.2) is 0 Å². The van der Waals surface area contributed by atoms with Crippen molar-refractivity contribution in [2.24, 2.45) is 11.7 Å². The highest BCUT2D eigenvalue weighted by Gasteiger charge is 2.30. The summed E-state index contributed by atoms with van der Waals surface area (Å²) in [6.07, 6.45) is 4.47. The van der Waals surface area contributed by atoms with Gasteiger partial charge in [0.2, 0.25) is 17.7 Å². The summed E-state index contributed by atoms with van der Waals surface area (Å²) < 4.78 is 0. The first kappa shape index (κ1) is 29.3. The molecule has 4 rings (SSSR count). The van der Waals surface area contributed by atoms with Gasteiger partial charge in [-0.25, -0.2) is 0 Å². The van der Waals surface area contributed by atoms with Gasteiger partial charge in [-0.3, -0.25) is 19.2 Å². The highest BCUT2D eigenvalue weighted by molar-refractivity contribution is 5.95. The molecule has 4 aromatic rings. The lowest BCUT2D eigenvalue weighted by Crippen LogP contribution is -2.57. The standard InChI is InChI=1S/C30H36N6O5/c1-3-17(2)27(31)30(41)36-25(13-19-15-33-23-11-7-5-9-21(19)23)29(40)35-24(28(39)34-16-26(37)38)12-18-14-32-22-10-6-4-8-20(18)22/h4-11,14-15,17,24-25,27,32-33H,3,12-13,16,31H2,1-2H3,(H,34,39)(H,35,40)(H,36,41)(H,37,38). The molecule has 4 atom stereocenters. The zero-order valence-electron chi connectivity index (χ0n) is 23.1. The monoisotopic (exact) mass is 560 g/mol. The molecule has 2 aromatic carbocycles. The maximum atomic E-state index is 13.8. The van der Waals surface area contributed by atoms with E-state index in [4.69, 9.17) is 10.8 Å². The van der Waals surface area contributed by atoms with Gasteiger partial charge < -0.3 is 36.8 Å². The smallest absolute Gasteiger partial charge is 0.322 e. The molecule has 8 N–H and O–H groups in total. The molecule has 0 saturated heterocycles. The molecule has 3 amide bonds. The van der Waals surface area contributed by atoms with Gasteiger partial charge in [-0.1, -0.05) is 56.7 Å². The second kappa shape index (κ2) is 13.1. The Kier molecular flexibility index (Phi) is 9.41. The molecule has 0 aliphatic heterocycles. The first-order valence-corrected chi connectivity index (χ1v) is 13.6. The fourth-order valence-electron chi connectivity index (χ4n) is 4.80. The van der Waals surface area contributed by atoms with E-state index in [9.17, 15) is 19.2 Å². The molecular formula is C30H36N6O5. The molecule has 0 radical (unpaired) electrons. The zero-order valence-corrected chi connectivity index (χ0v) is 23.1. The van der Waals surface area contributed by atoms with E-state index in [0.717, 1.165) is 32.9 Å². The predicted octanol–water partition coefficient (Wildman–Crippen LogP) is 1.98. The summed E-state index contributed by atoms with van der Waals surface area (Å²) in [4.78, 5) is 57.4. The van der Waals surface area contributed by atoms with Crippen LogP contribution in [0.5, 0.6) is 0 Å². The van der Waals surface area contributed by atoms with Crippen molar-refractivity contribution >= 4 is 45.5 Å². The number of aromatic nitrogens is 2. The molecule has 11 heteroatoms. The van der Waals surface area contributed by atoms with Crippen molar-refractivity contribution in [3.63, 3.8) is 0 Å². The van der Waals surface area contributed by atoms with Gasteiger partial charge in [0.1, 0.15) is 18.6 Å². The number of H-pyrrole nitrogens is 2. The topological polar surface area (TPSA) is 182 Å². The van der Waals surface area contributed by atoms with Crippen molar-refractivity contribution in [3.05, 3.63) is 72.1 Å². The van der Waals surface area contributed by atoms with Crippen LogP contribution in [-0.4, -0.2) is 63.4 Å². The lowest BCUT2D eigenvalue weighted by Gasteiger charge is -2.25. The first-order chi connectivity index (χ1) is 19.7. The van der Waals surface area contributed by atoms with E-state index >= 15 is 0 Å². The van der Waals surface area contributed by atoms with Crippen molar-refractivity contribution in [3.8, 4) is 0 Å². The van der Waals surface area contributed by atoms with Crippen LogP contribution in [0.4, 0.5) is 0 Å². The largest absolute Gasteiger partial charge is 0.480 e. The summed E-state index contributed by atoms with van der Waals surface area (Å²) in [6, 6.07) is 12.2. The quantitative estimate of drug-likeness (QED) is 0.131. The number of rotatable bonds is 13. The van der Waals surface area contributed by atoms with E-state index in [-0.39, 0.29) is 18.8 Å². The van der Waals surface area contributed by atoms with Crippen LogP contribution in [0.1, 0.15) is 31.4 Å². The number of amides is 3. The number of nitrogens with one attached hydrogen (secondary N) is 5. The van der Waals surface area contributed by atoms with Crippen molar-refractivity contribution in [2.75, 3.05) is 6.54 Å². The third-order valence-corrected chi connectivity index (χ3v) is 7.44. The summed E-state index contributed by atoms with van der Waals surface area (Å²) in [5, 5.41) is 18.8. The molecule has 2 aromatic heterocycles. The van der Waals surface area contributed by atoms with Gasteiger partial charge in [-0.2, -0.15) is 0 Å². The normalized spacial score (nSPS) is 14.2. The summed E-state index contributed by atoms with van der Waals surface area (Å²) in [5.74, 6) is -3.03. The second-order valence-corrected chi connectivity index (χ2v) is 10.3. The second-order valence-electron chi connectivity index (χ2n) is 10.3. The number of carboxylic acids is 1. The Hall–Kier alpha value is -4.64. The molecule has 41 heavy (non-hydrogen) atoms. The van der Waals surface area contributed by atoms with Crippen LogP contribution in [0.3, 0.4) is 0 Å². The Labute approximate surface area is 237 Å². The Bertz CT molecular complexity index is 1540.